The molecule has 0 aliphatic carbocycles. The van der Waals surface area contributed by atoms with E-state index in [0.29, 0.717) is 17.0 Å². The summed E-state index contributed by atoms with van der Waals surface area (Å²) in [6, 6.07) is 16.0. The fraction of sp³-hybridized carbons (Fsp3) is 0.217. The second kappa shape index (κ2) is 8.80. The molecule has 8 nitrogen and oxygen atoms in total. The third-order valence-electron chi connectivity index (χ3n) is 5.35. The summed E-state index contributed by atoms with van der Waals surface area (Å²) >= 11 is 1.45. The van der Waals surface area contributed by atoms with Gasteiger partial charge in [0.15, 0.2) is 10.5 Å². The first-order valence-corrected chi connectivity index (χ1v) is 11.1. The van der Waals surface area contributed by atoms with Crippen molar-refractivity contribution >= 4 is 22.7 Å². The van der Waals surface area contributed by atoms with Gasteiger partial charge in [-0.15, -0.1) is 11.3 Å². The molecule has 0 fully saturated rings. The van der Waals surface area contributed by atoms with Gasteiger partial charge < -0.3 is 4.57 Å². The molecule has 4 rings (SSSR count). The minimum Gasteiger partial charge on any atom is -0.316 e. The Kier molecular flexibility index (Phi) is 5.91. The minimum atomic E-state index is -0.409. The van der Waals surface area contributed by atoms with Crippen molar-refractivity contribution in [2.45, 2.75) is 26.8 Å². The molecule has 0 saturated carbocycles. The number of nitrogens with zero attached hydrogens (tertiary/aromatic N) is 5. The summed E-state index contributed by atoms with van der Waals surface area (Å²) in [7, 11) is 1.85. The van der Waals surface area contributed by atoms with Gasteiger partial charge in [0.25, 0.3) is 11.2 Å². The molecule has 0 aliphatic heterocycles. The number of thiazole rings is 1. The Balaban J connectivity index is 1.85. The fourth-order valence-corrected chi connectivity index (χ4v) is 4.56. The van der Waals surface area contributed by atoms with Crippen LogP contribution in [0.4, 0.5) is 11.4 Å². The maximum absolute atomic E-state index is 13.2. The molecule has 2 aromatic heterocycles. The first kappa shape index (κ1) is 21.5. The quantitative estimate of drug-likeness (QED) is 0.319. The molecule has 32 heavy (non-hydrogen) atoms. The Morgan fingerprint density at radius 3 is 2.41 bits per heavy atom. The van der Waals surface area contributed by atoms with Crippen LogP contribution in [0.3, 0.4) is 0 Å². The van der Waals surface area contributed by atoms with E-state index in [4.69, 9.17) is 4.99 Å². The van der Waals surface area contributed by atoms with Gasteiger partial charge in [0.1, 0.15) is 0 Å². The van der Waals surface area contributed by atoms with Crippen molar-refractivity contribution in [1.29, 1.82) is 0 Å². The van der Waals surface area contributed by atoms with Crippen molar-refractivity contribution < 1.29 is 4.92 Å². The molecular weight excluding hydrogens is 426 g/mol. The second-order valence-electron chi connectivity index (χ2n) is 7.38. The highest BCUT2D eigenvalue weighted by Crippen LogP contribution is 2.24. The van der Waals surface area contributed by atoms with E-state index in [2.05, 4.69) is 11.5 Å². The molecule has 2 heterocycles. The van der Waals surface area contributed by atoms with Crippen LogP contribution in [-0.2, 0) is 13.6 Å². The molecule has 2 aromatic carbocycles. The van der Waals surface area contributed by atoms with Gasteiger partial charge in [-0.1, -0.05) is 25.1 Å². The summed E-state index contributed by atoms with van der Waals surface area (Å²) in [6.07, 6.45) is 0.881. The zero-order valence-corrected chi connectivity index (χ0v) is 18.9. The molecule has 0 aliphatic rings. The van der Waals surface area contributed by atoms with Gasteiger partial charge in [-0.25, -0.2) is 9.67 Å². The number of nitro groups is 1. The normalized spacial score (nSPS) is 11.8. The van der Waals surface area contributed by atoms with E-state index in [1.54, 1.807) is 16.8 Å². The molecule has 164 valence electrons. The first-order valence-electron chi connectivity index (χ1n) is 10.2. The van der Waals surface area contributed by atoms with Gasteiger partial charge in [-0.05, 0) is 43.2 Å². The third-order valence-corrected chi connectivity index (χ3v) is 6.21. The van der Waals surface area contributed by atoms with Gasteiger partial charge in [0.2, 0.25) is 0 Å². The Morgan fingerprint density at radius 2 is 1.78 bits per heavy atom. The smallest absolute Gasteiger partial charge is 0.297 e. The molecule has 0 atom stereocenters. The zero-order valence-electron chi connectivity index (χ0n) is 18.1. The van der Waals surface area contributed by atoms with Crippen LogP contribution in [0.1, 0.15) is 19.0 Å². The second-order valence-corrected chi connectivity index (χ2v) is 8.22. The largest absolute Gasteiger partial charge is 0.316 e. The summed E-state index contributed by atoms with van der Waals surface area (Å²) in [5.74, 6) is 0. The molecule has 0 bridgehead atoms. The van der Waals surface area contributed by atoms with Crippen molar-refractivity contribution in [2.24, 2.45) is 12.0 Å². The van der Waals surface area contributed by atoms with Crippen LogP contribution < -0.4 is 10.4 Å². The zero-order chi connectivity index (χ0) is 22.8. The standard InChI is InChI=1S/C23H23N5O3S/c1-4-14-26-20(17-10-12-19(13-11-17)28(30)31)15-32-23(26)24-21-16(2)25(3)27(22(21)29)18-8-6-5-7-9-18/h5-13,15H,4,14H2,1-3H3. The molecule has 0 N–H and O–H groups in total. The van der Waals surface area contributed by atoms with E-state index < -0.39 is 4.92 Å². The number of non-ortho nitro benzene ring substituents is 1. The summed E-state index contributed by atoms with van der Waals surface area (Å²) in [5.41, 5.74) is 3.62. The van der Waals surface area contributed by atoms with E-state index in [9.17, 15) is 14.9 Å². The molecule has 9 heteroatoms. The third kappa shape index (κ3) is 3.82. The number of hydrogen-bond acceptors (Lipinski definition) is 5. The van der Waals surface area contributed by atoms with Crippen LogP contribution in [0.15, 0.2) is 69.8 Å². The molecule has 0 amide bonds. The summed E-state index contributed by atoms with van der Waals surface area (Å²) < 4.78 is 5.49. The van der Waals surface area contributed by atoms with Gasteiger partial charge in [-0.3, -0.25) is 19.6 Å². The monoisotopic (exact) mass is 449 g/mol. The van der Waals surface area contributed by atoms with Crippen molar-refractivity contribution in [1.82, 2.24) is 13.9 Å². The number of para-hydroxylation sites is 1. The van der Waals surface area contributed by atoms with Crippen LogP contribution in [0.2, 0.25) is 0 Å². The van der Waals surface area contributed by atoms with Gasteiger partial charge >= 0.3 is 0 Å². The van der Waals surface area contributed by atoms with Crippen molar-refractivity contribution in [3.05, 3.63) is 90.9 Å². The number of rotatable bonds is 6. The van der Waals surface area contributed by atoms with Crippen molar-refractivity contribution in [3.63, 3.8) is 0 Å². The van der Waals surface area contributed by atoms with Crippen molar-refractivity contribution in [2.75, 3.05) is 0 Å². The number of benzene rings is 2. The number of nitro benzene ring substituents is 1. The van der Waals surface area contributed by atoms with E-state index in [1.165, 1.54) is 23.5 Å². The van der Waals surface area contributed by atoms with Crippen LogP contribution in [0, 0.1) is 17.0 Å². The van der Waals surface area contributed by atoms with Crippen LogP contribution >= 0.6 is 11.3 Å². The lowest BCUT2D eigenvalue weighted by molar-refractivity contribution is -0.384. The van der Waals surface area contributed by atoms with Crippen LogP contribution in [0.25, 0.3) is 16.9 Å². The Bertz CT molecular complexity index is 1390. The summed E-state index contributed by atoms with van der Waals surface area (Å²) in [4.78, 5) is 29.3. The molecule has 0 spiro atoms. The van der Waals surface area contributed by atoms with E-state index >= 15 is 0 Å². The highest BCUT2D eigenvalue weighted by atomic mass is 32.1. The topological polar surface area (TPSA) is 87.4 Å². The summed E-state index contributed by atoms with van der Waals surface area (Å²) in [6.45, 7) is 4.67. The minimum absolute atomic E-state index is 0.0531. The van der Waals surface area contributed by atoms with Gasteiger partial charge in [-0.2, -0.15) is 0 Å². The number of aromatic nitrogens is 3. The van der Waals surface area contributed by atoms with E-state index in [1.807, 2.05) is 54.4 Å². The SMILES string of the molecule is CCCn1c(-c2ccc([N+](=O)[O-])cc2)csc1=Nc1c(C)n(C)n(-c2ccccc2)c1=O. The highest BCUT2D eigenvalue weighted by Gasteiger charge is 2.17. The number of hydrogen-bond donors (Lipinski definition) is 0. The average Bonchev–Trinajstić information content (AvgIpc) is 3.28. The lowest BCUT2D eigenvalue weighted by Gasteiger charge is -2.07. The van der Waals surface area contributed by atoms with E-state index in [-0.39, 0.29) is 11.2 Å². The Labute approximate surface area is 188 Å². The predicted octanol–water partition coefficient (Wildman–Crippen LogP) is 4.57. The maximum Gasteiger partial charge on any atom is 0.297 e. The lowest BCUT2D eigenvalue weighted by atomic mass is 10.1. The van der Waals surface area contributed by atoms with Gasteiger partial charge in [0, 0.05) is 31.1 Å². The predicted molar refractivity (Wildman–Crippen MR) is 126 cm³/mol. The van der Waals surface area contributed by atoms with E-state index in [0.717, 1.165) is 29.1 Å². The van der Waals surface area contributed by atoms with Crippen molar-refractivity contribution in [3.8, 4) is 16.9 Å². The first-order chi connectivity index (χ1) is 15.4. The van der Waals surface area contributed by atoms with Crippen LogP contribution in [-0.4, -0.2) is 18.9 Å². The van der Waals surface area contributed by atoms with Crippen LogP contribution in [0.5, 0.6) is 0 Å². The molecular formula is C23H23N5O3S. The lowest BCUT2D eigenvalue weighted by Crippen LogP contribution is -2.20. The Morgan fingerprint density at radius 1 is 1.09 bits per heavy atom. The Hall–Kier alpha value is -3.72. The molecule has 0 saturated heterocycles. The highest BCUT2D eigenvalue weighted by molar-refractivity contribution is 7.07. The maximum atomic E-state index is 13.2. The summed E-state index contributed by atoms with van der Waals surface area (Å²) in [5, 5.41) is 13.0. The fourth-order valence-electron chi connectivity index (χ4n) is 3.62. The average molecular weight is 450 g/mol. The molecule has 0 radical (unpaired) electrons. The molecule has 4 aromatic rings. The van der Waals surface area contributed by atoms with Gasteiger partial charge in [0.05, 0.1) is 22.0 Å². The molecule has 0 unspecified atom stereocenters.